The third-order valence-electron chi connectivity index (χ3n) is 2.98. The van der Waals surface area contributed by atoms with Gasteiger partial charge < -0.3 is 9.64 Å². The molecule has 1 saturated heterocycles. The van der Waals surface area contributed by atoms with Gasteiger partial charge in [-0.3, -0.25) is 4.79 Å². The molecule has 0 saturated carbocycles. The number of piperidine rings is 1. The van der Waals surface area contributed by atoms with Crippen molar-refractivity contribution >= 4 is 23.4 Å². The lowest BCUT2D eigenvalue weighted by Gasteiger charge is -2.31. The Bertz CT molecular complexity index is 405. The van der Waals surface area contributed by atoms with Gasteiger partial charge in [-0.25, -0.2) is 9.97 Å². The summed E-state index contributed by atoms with van der Waals surface area (Å²) < 4.78 is 4.75. The number of halogens is 1. The number of aromatic nitrogens is 2. The molecule has 92 valence electrons. The fourth-order valence-corrected chi connectivity index (χ4v) is 2.26. The molecule has 0 bridgehead atoms. The summed E-state index contributed by atoms with van der Waals surface area (Å²) in [4.78, 5) is 21.5. The summed E-state index contributed by atoms with van der Waals surface area (Å²) in [5.41, 5.74) is 0. The van der Waals surface area contributed by atoms with Gasteiger partial charge in [-0.1, -0.05) is 11.6 Å². The van der Waals surface area contributed by atoms with Crippen LogP contribution in [0.5, 0.6) is 0 Å². The lowest BCUT2D eigenvalue weighted by atomic mass is 9.97. The van der Waals surface area contributed by atoms with E-state index in [4.69, 9.17) is 16.3 Å². The molecule has 1 aromatic heterocycles. The van der Waals surface area contributed by atoms with Gasteiger partial charge in [-0.2, -0.15) is 0 Å². The first-order chi connectivity index (χ1) is 8.22. The van der Waals surface area contributed by atoms with E-state index in [0.29, 0.717) is 5.02 Å². The Morgan fingerprint density at radius 1 is 1.53 bits per heavy atom. The van der Waals surface area contributed by atoms with Crippen LogP contribution < -0.4 is 4.90 Å². The molecular weight excluding hydrogens is 242 g/mol. The molecule has 1 aromatic rings. The Labute approximate surface area is 105 Å². The van der Waals surface area contributed by atoms with Crippen molar-refractivity contribution in [3.05, 3.63) is 17.5 Å². The molecule has 1 fully saturated rings. The maximum Gasteiger partial charge on any atom is 0.308 e. The minimum atomic E-state index is -0.126. The first-order valence-electron chi connectivity index (χ1n) is 5.50. The zero-order valence-corrected chi connectivity index (χ0v) is 10.4. The van der Waals surface area contributed by atoms with Gasteiger partial charge >= 0.3 is 5.97 Å². The molecule has 0 atom stereocenters. The van der Waals surface area contributed by atoms with Crippen molar-refractivity contribution < 1.29 is 9.53 Å². The van der Waals surface area contributed by atoms with Crippen LogP contribution >= 0.6 is 11.6 Å². The van der Waals surface area contributed by atoms with E-state index in [2.05, 4.69) is 14.9 Å². The van der Waals surface area contributed by atoms with Crippen molar-refractivity contribution in [2.45, 2.75) is 12.8 Å². The standard InChI is InChI=1S/C11H14ClN3O2/c1-17-11(16)8-2-4-15(5-3-8)10-9(12)6-13-7-14-10/h6-8H,2-5H2,1H3. The van der Waals surface area contributed by atoms with E-state index in [-0.39, 0.29) is 11.9 Å². The largest absolute Gasteiger partial charge is 0.469 e. The lowest BCUT2D eigenvalue weighted by molar-refractivity contribution is -0.146. The quantitative estimate of drug-likeness (QED) is 0.750. The van der Waals surface area contributed by atoms with Gasteiger partial charge in [0, 0.05) is 13.1 Å². The molecule has 0 amide bonds. The van der Waals surface area contributed by atoms with E-state index in [1.54, 1.807) is 6.20 Å². The van der Waals surface area contributed by atoms with Crippen molar-refractivity contribution in [3.63, 3.8) is 0 Å². The van der Waals surface area contributed by atoms with Crippen molar-refractivity contribution in [2.75, 3.05) is 25.1 Å². The van der Waals surface area contributed by atoms with E-state index in [1.807, 2.05) is 0 Å². The van der Waals surface area contributed by atoms with Gasteiger partial charge in [0.15, 0.2) is 5.82 Å². The summed E-state index contributed by atoms with van der Waals surface area (Å²) in [7, 11) is 1.43. The second-order valence-corrected chi connectivity index (χ2v) is 4.39. The molecule has 17 heavy (non-hydrogen) atoms. The third kappa shape index (κ3) is 2.66. The summed E-state index contributed by atoms with van der Waals surface area (Å²) in [6.45, 7) is 1.52. The minimum Gasteiger partial charge on any atom is -0.469 e. The molecule has 2 rings (SSSR count). The molecular formula is C11H14ClN3O2. The van der Waals surface area contributed by atoms with Crippen molar-refractivity contribution in [1.82, 2.24) is 9.97 Å². The number of ether oxygens (including phenoxy) is 1. The average Bonchev–Trinajstić information content (AvgIpc) is 2.39. The Morgan fingerprint density at radius 3 is 2.82 bits per heavy atom. The molecule has 2 heterocycles. The second kappa shape index (κ2) is 5.31. The highest BCUT2D eigenvalue weighted by Gasteiger charge is 2.26. The smallest absolute Gasteiger partial charge is 0.308 e. The summed E-state index contributed by atoms with van der Waals surface area (Å²) in [6.07, 6.45) is 4.60. The number of rotatable bonds is 2. The molecule has 5 nitrogen and oxygen atoms in total. The zero-order chi connectivity index (χ0) is 12.3. The number of nitrogens with zero attached hydrogens (tertiary/aromatic N) is 3. The van der Waals surface area contributed by atoms with Crippen LogP contribution in [0.4, 0.5) is 5.82 Å². The number of anilines is 1. The highest BCUT2D eigenvalue weighted by molar-refractivity contribution is 6.32. The Morgan fingerprint density at radius 2 is 2.24 bits per heavy atom. The average molecular weight is 256 g/mol. The number of esters is 1. The number of methoxy groups -OCH3 is 1. The summed E-state index contributed by atoms with van der Waals surface area (Å²) >= 11 is 6.03. The SMILES string of the molecule is COC(=O)C1CCN(c2ncncc2Cl)CC1. The van der Waals surface area contributed by atoms with Crippen LogP contribution in [0.2, 0.25) is 5.02 Å². The fraction of sp³-hybridized carbons (Fsp3) is 0.545. The molecule has 0 spiro atoms. The normalized spacial score (nSPS) is 16.9. The van der Waals surface area contributed by atoms with Gasteiger partial charge in [0.05, 0.1) is 19.2 Å². The van der Waals surface area contributed by atoms with Gasteiger partial charge in [0.2, 0.25) is 0 Å². The van der Waals surface area contributed by atoms with Crippen molar-refractivity contribution in [1.29, 1.82) is 0 Å². The second-order valence-electron chi connectivity index (χ2n) is 3.98. The maximum atomic E-state index is 11.4. The van der Waals surface area contributed by atoms with Crippen LogP contribution in [0.3, 0.4) is 0 Å². The van der Waals surface area contributed by atoms with E-state index in [0.717, 1.165) is 31.7 Å². The molecule has 0 unspecified atom stereocenters. The number of hydrogen-bond donors (Lipinski definition) is 0. The monoisotopic (exact) mass is 255 g/mol. The van der Waals surface area contributed by atoms with Crippen molar-refractivity contribution in [2.24, 2.45) is 5.92 Å². The highest BCUT2D eigenvalue weighted by Crippen LogP contribution is 2.27. The van der Waals surface area contributed by atoms with E-state index in [9.17, 15) is 4.79 Å². The van der Waals surface area contributed by atoms with Crippen LogP contribution in [0, 0.1) is 5.92 Å². The molecule has 0 radical (unpaired) electrons. The third-order valence-corrected chi connectivity index (χ3v) is 3.24. The zero-order valence-electron chi connectivity index (χ0n) is 9.60. The molecule has 0 aromatic carbocycles. The number of carbonyl (C=O) groups excluding carboxylic acids is 1. The molecule has 1 aliphatic heterocycles. The first-order valence-corrected chi connectivity index (χ1v) is 5.88. The maximum absolute atomic E-state index is 11.4. The number of carbonyl (C=O) groups is 1. The predicted molar refractivity (Wildman–Crippen MR) is 64.0 cm³/mol. The van der Waals surface area contributed by atoms with Gasteiger partial charge in [-0.05, 0) is 12.8 Å². The summed E-state index contributed by atoms with van der Waals surface area (Å²) in [5, 5.41) is 0.545. The van der Waals surface area contributed by atoms with Crippen LogP contribution in [0.15, 0.2) is 12.5 Å². The minimum absolute atomic E-state index is 0.00290. The van der Waals surface area contributed by atoms with Crippen LogP contribution in [0.1, 0.15) is 12.8 Å². The Balaban J connectivity index is 2.00. The van der Waals surface area contributed by atoms with E-state index >= 15 is 0 Å². The lowest BCUT2D eigenvalue weighted by Crippen LogP contribution is -2.37. The summed E-state index contributed by atoms with van der Waals surface area (Å²) in [5.74, 6) is 0.611. The van der Waals surface area contributed by atoms with E-state index in [1.165, 1.54) is 13.4 Å². The van der Waals surface area contributed by atoms with E-state index < -0.39 is 0 Å². The van der Waals surface area contributed by atoms with Gasteiger partial charge in [-0.15, -0.1) is 0 Å². The molecule has 0 N–H and O–H groups in total. The topological polar surface area (TPSA) is 55.3 Å². The first kappa shape index (κ1) is 12.1. The number of hydrogen-bond acceptors (Lipinski definition) is 5. The molecule has 6 heteroatoms. The fourth-order valence-electron chi connectivity index (χ4n) is 2.03. The van der Waals surface area contributed by atoms with Gasteiger partial charge in [0.25, 0.3) is 0 Å². The predicted octanol–water partition coefficient (Wildman–Crippen LogP) is 1.52. The van der Waals surface area contributed by atoms with Crippen LogP contribution in [-0.2, 0) is 9.53 Å². The molecule has 0 aliphatic carbocycles. The highest BCUT2D eigenvalue weighted by atomic mass is 35.5. The summed E-state index contributed by atoms with van der Waals surface area (Å²) in [6, 6.07) is 0. The van der Waals surface area contributed by atoms with Crippen LogP contribution in [0.25, 0.3) is 0 Å². The molecule has 1 aliphatic rings. The Hall–Kier alpha value is -1.36. The van der Waals surface area contributed by atoms with Gasteiger partial charge in [0.1, 0.15) is 11.3 Å². The van der Waals surface area contributed by atoms with Crippen LogP contribution in [-0.4, -0.2) is 36.1 Å². The van der Waals surface area contributed by atoms with Crippen molar-refractivity contribution in [3.8, 4) is 0 Å². The Kier molecular flexibility index (Phi) is 3.78.